The Morgan fingerprint density at radius 1 is 1.40 bits per heavy atom. The molecular formula is C13H20N2. The molecule has 0 aromatic carbocycles. The first kappa shape index (κ1) is 10.6. The van der Waals surface area contributed by atoms with Gasteiger partial charge in [-0.3, -0.25) is 4.98 Å². The van der Waals surface area contributed by atoms with Crippen molar-refractivity contribution in [1.29, 1.82) is 0 Å². The second-order valence-electron chi connectivity index (χ2n) is 4.53. The lowest BCUT2D eigenvalue weighted by Crippen LogP contribution is -2.30. The van der Waals surface area contributed by atoms with E-state index in [0.717, 1.165) is 6.42 Å². The Balaban J connectivity index is 1.95. The van der Waals surface area contributed by atoms with Gasteiger partial charge in [-0.2, -0.15) is 0 Å². The normalized spacial score (nSPS) is 22.3. The first-order chi connectivity index (χ1) is 7.34. The van der Waals surface area contributed by atoms with E-state index in [1.807, 2.05) is 6.20 Å². The molecule has 0 amide bonds. The van der Waals surface area contributed by atoms with E-state index in [0.29, 0.717) is 6.04 Å². The molecule has 2 heterocycles. The summed E-state index contributed by atoms with van der Waals surface area (Å²) in [5.74, 6) is 0. The number of hydrogen-bond donors (Lipinski definition) is 1. The van der Waals surface area contributed by atoms with E-state index in [4.69, 9.17) is 0 Å². The molecule has 1 atom stereocenters. The Hall–Kier alpha value is -0.890. The number of aromatic nitrogens is 1. The van der Waals surface area contributed by atoms with E-state index in [2.05, 4.69) is 29.4 Å². The molecule has 2 heteroatoms. The van der Waals surface area contributed by atoms with Gasteiger partial charge in [0.1, 0.15) is 0 Å². The van der Waals surface area contributed by atoms with Gasteiger partial charge in [0.05, 0.1) is 0 Å². The molecule has 1 fully saturated rings. The fraction of sp³-hybridized carbons (Fsp3) is 0.615. The van der Waals surface area contributed by atoms with Gasteiger partial charge < -0.3 is 5.32 Å². The number of rotatable bonds is 2. The van der Waals surface area contributed by atoms with Crippen LogP contribution < -0.4 is 5.32 Å². The molecular weight excluding hydrogens is 184 g/mol. The standard InChI is InChI=1S/C13H20N2/c1-11-6-8-15-13(9-11)10-12-5-3-2-4-7-14-12/h6,8-9,12,14H,2-5,7,10H2,1H3/t12-/m1/s1. The zero-order chi connectivity index (χ0) is 10.5. The Bertz CT molecular complexity index is 301. The molecule has 0 radical (unpaired) electrons. The van der Waals surface area contributed by atoms with Gasteiger partial charge in [0.25, 0.3) is 0 Å². The summed E-state index contributed by atoms with van der Waals surface area (Å²) in [6.45, 7) is 3.31. The average molecular weight is 204 g/mol. The molecule has 0 unspecified atom stereocenters. The van der Waals surface area contributed by atoms with Crippen molar-refractivity contribution in [2.75, 3.05) is 6.54 Å². The summed E-state index contributed by atoms with van der Waals surface area (Å²) < 4.78 is 0. The van der Waals surface area contributed by atoms with Crippen molar-refractivity contribution < 1.29 is 0 Å². The van der Waals surface area contributed by atoms with E-state index < -0.39 is 0 Å². The fourth-order valence-corrected chi connectivity index (χ4v) is 2.24. The van der Waals surface area contributed by atoms with Gasteiger partial charge >= 0.3 is 0 Å². The molecule has 1 aliphatic rings. The largest absolute Gasteiger partial charge is 0.314 e. The van der Waals surface area contributed by atoms with Crippen molar-refractivity contribution in [1.82, 2.24) is 10.3 Å². The number of nitrogens with one attached hydrogen (secondary N) is 1. The van der Waals surface area contributed by atoms with Crippen LogP contribution in [0.2, 0.25) is 0 Å². The topological polar surface area (TPSA) is 24.9 Å². The number of aryl methyl sites for hydroxylation is 1. The first-order valence-electron chi connectivity index (χ1n) is 5.99. The van der Waals surface area contributed by atoms with E-state index in [1.165, 1.54) is 43.5 Å². The van der Waals surface area contributed by atoms with Crippen LogP contribution in [0, 0.1) is 6.92 Å². The summed E-state index contributed by atoms with van der Waals surface area (Å²) in [6.07, 6.45) is 8.38. The lowest BCUT2D eigenvalue weighted by molar-refractivity contribution is 0.503. The minimum atomic E-state index is 0.641. The summed E-state index contributed by atoms with van der Waals surface area (Å²) in [5, 5.41) is 3.61. The maximum atomic E-state index is 4.42. The molecule has 2 nitrogen and oxygen atoms in total. The Morgan fingerprint density at radius 2 is 2.33 bits per heavy atom. The van der Waals surface area contributed by atoms with Crippen LogP contribution >= 0.6 is 0 Å². The first-order valence-corrected chi connectivity index (χ1v) is 5.99. The number of nitrogens with zero attached hydrogens (tertiary/aromatic N) is 1. The predicted molar refractivity (Wildman–Crippen MR) is 62.9 cm³/mol. The molecule has 82 valence electrons. The monoisotopic (exact) mass is 204 g/mol. The molecule has 0 saturated carbocycles. The van der Waals surface area contributed by atoms with Crippen LogP contribution in [-0.4, -0.2) is 17.6 Å². The molecule has 1 aromatic heterocycles. The maximum Gasteiger partial charge on any atom is 0.0421 e. The summed E-state index contributed by atoms with van der Waals surface area (Å²) >= 11 is 0. The summed E-state index contributed by atoms with van der Waals surface area (Å²) in [6, 6.07) is 4.90. The molecule has 2 rings (SSSR count). The highest BCUT2D eigenvalue weighted by Gasteiger charge is 2.12. The lowest BCUT2D eigenvalue weighted by Gasteiger charge is -2.15. The smallest absolute Gasteiger partial charge is 0.0421 e. The van der Waals surface area contributed by atoms with E-state index in [9.17, 15) is 0 Å². The number of pyridine rings is 1. The van der Waals surface area contributed by atoms with E-state index in [1.54, 1.807) is 0 Å². The van der Waals surface area contributed by atoms with Gasteiger partial charge in [-0.1, -0.05) is 12.8 Å². The van der Waals surface area contributed by atoms with E-state index >= 15 is 0 Å². The van der Waals surface area contributed by atoms with Gasteiger partial charge in [-0.15, -0.1) is 0 Å². The van der Waals surface area contributed by atoms with Crippen molar-refractivity contribution >= 4 is 0 Å². The Morgan fingerprint density at radius 3 is 3.20 bits per heavy atom. The zero-order valence-corrected chi connectivity index (χ0v) is 9.50. The van der Waals surface area contributed by atoms with Crippen molar-refractivity contribution in [3.63, 3.8) is 0 Å². The molecule has 1 saturated heterocycles. The van der Waals surface area contributed by atoms with Crippen LogP contribution in [0.1, 0.15) is 36.9 Å². The predicted octanol–water partition coefficient (Wildman–Crippen LogP) is 2.46. The van der Waals surface area contributed by atoms with Gasteiger partial charge in [0.2, 0.25) is 0 Å². The Kier molecular flexibility index (Phi) is 3.73. The van der Waals surface area contributed by atoms with Crippen LogP contribution in [0.25, 0.3) is 0 Å². The van der Waals surface area contributed by atoms with Crippen molar-refractivity contribution in [3.05, 3.63) is 29.6 Å². The molecule has 0 spiro atoms. The third-order valence-electron chi connectivity index (χ3n) is 3.09. The highest BCUT2D eigenvalue weighted by Crippen LogP contribution is 2.12. The minimum absolute atomic E-state index is 0.641. The van der Waals surface area contributed by atoms with E-state index in [-0.39, 0.29) is 0 Å². The van der Waals surface area contributed by atoms with Gasteiger partial charge in [0.15, 0.2) is 0 Å². The quantitative estimate of drug-likeness (QED) is 0.800. The van der Waals surface area contributed by atoms with Crippen molar-refractivity contribution in [2.24, 2.45) is 0 Å². The average Bonchev–Trinajstić information content (AvgIpc) is 2.46. The minimum Gasteiger partial charge on any atom is -0.314 e. The molecule has 1 N–H and O–H groups in total. The highest BCUT2D eigenvalue weighted by atomic mass is 14.9. The molecule has 1 aliphatic heterocycles. The van der Waals surface area contributed by atoms with Gasteiger partial charge in [-0.25, -0.2) is 0 Å². The maximum absolute atomic E-state index is 4.42. The van der Waals surface area contributed by atoms with Crippen molar-refractivity contribution in [2.45, 2.75) is 45.1 Å². The van der Waals surface area contributed by atoms with Gasteiger partial charge in [-0.05, 0) is 44.0 Å². The zero-order valence-electron chi connectivity index (χ0n) is 9.50. The van der Waals surface area contributed by atoms with Crippen LogP contribution in [0.15, 0.2) is 18.3 Å². The second-order valence-corrected chi connectivity index (χ2v) is 4.53. The fourth-order valence-electron chi connectivity index (χ4n) is 2.24. The highest BCUT2D eigenvalue weighted by molar-refractivity contribution is 5.15. The Labute approximate surface area is 92.1 Å². The van der Waals surface area contributed by atoms with Crippen LogP contribution in [0.4, 0.5) is 0 Å². The molecule has 0 bridgehead atoms. The third-order valence-corrected chi connectivity index (χ3v) is 3.09. The summed E-state index contributed by atoms with van der Waals surface area (Å²) in [7, 11) is 0. The van der Waals surface area contributed by atoms with Crippen molar-refractivity contribution in [3.8, 4) is 0 Å². The number of hydrogen-bond acceptors (Lipinski definition) is 2. The van der Waals surface area contributed by atoms with Crippen LogP contribution in [0.3, 0.4) is 0 Å². The summed E-state index contributed by atoms with van der Waals surface area (Å²) in [4.78, 5) is 4.42. The molecule has 15 heavy (non-hydrogen) atoms. The third kappa shape index (κ3) is 3.31. The SMILES string of the molecule is Cc1ccnc(C[C@H]2CCCCCN2)c1. The summed E-state index contributed by atoms with van der Waals surface area (Å²) in [5.41, 5.74) is 2.54. The molecule has 0 aliphatic carbocycles. The van der Waals surface area contributed by atoms with Gasteiger partial charge in [0, 0.05) is 24.4 Å². The van der Waals surface area contributed by atoms with Crippen LogP contribution in [-0.2, 0) is 6.42 Å². The lowest BCUT2D eigenvalue weighted by atomic mass is 10.0. The second kappa shape index (κ2) is 5.26. The molecule has 1 aromatic rings. The van der Waals surface area contributed by atoms with Crippen LogP contribution in [0.5, 0.6) is 0 Å².